The lowest BCUT2D eigenvalue weighted by molar-refractivity contribution is -0.120. The Balaban J connectivity index is 2.35. The van der Waals surface area contributed by atoms with Crippen molar-refractivity contribution in [1.29, 1.82) is 0 Å². The van der Waals surface area contributed by atoms with E-state index in [1.54, 1.807) is 0 Å². The van der Waals surface area contributed by atoms with E-state index in [1.807, 2.05) is 0 Å². The van der Waals surface area contributed by atoms with Gasteiger partial charge in [-0.25, -0.2) is 15.8 Å². The Kier molecular flexibility index (Phi) is 4.16. The number of rotatable bonds is 3. The lowest BCUT2D eigenvalue weighted by Gasteiger charge is -2.25. The first kappa shape index (κ1) is 13.5. The minimum absolute atomic E-state index is 0.0832. The number of carbonyl (C=O) groups excluding carboxylic acids is 1. The van der Waals surface area contributed by atoms with Crippen LogP contribution in [-0.2, 0) is 4.79 Å². The van der Waals surface area contributed by atoms with E-state index in [-0.39, 0.29) is 11.8 Å². The Morgan fingerprint density at radius 1 is 1.42 bits per heavy atom. The van der Waals surface area contributed by atoms with Gasteiger partial charge in [-0.05, 0) is 5.92 Å². The summed E-state index contributed by atoms with van der Waals surface area (Å²) < 4.78 is 0. The van der Waals surface area contributed by atoms with Crippen LogP contribution in [-0.4, -0.2) is 35.5 Å². The molecule has 0 aromatic carbocycles. The van der Waals surface area contributed by atoms with Crippen LogP contribution in [0.5, 0.6) is 0 Å². The molecule has 0 aliphatic carbocycles. The Hall–Kier alpha value is -1.89. The smallest absolute Gasteiger partial charge is 0.221 e. The molecule has 1 aliphatic rings. The van der Waals surface area contributed by atoms with Gasteiger partial charge in [0.1, 0.15) is 18.0 Å². The third kappa shape index (κ3) is 2.93. The average molecular weight is 264 g/mol. The van der Waals surface area contributed by atoms with Crippen molar-refractivity contribution < 1.29 is 4.79 Å². The van der Waals surface area contributed by atoms with E-state index in [1.165, 1.54) is 6.33 Å². The summed E-state index contributed by atoms with van der Waals surface area (Å²) in [4.78, 5) is 22.0. The minimum atomic E-state index is 0.0832. The van der Waals surface area contributed by atoms with Gasteiger partial charge in [-0.15, -0.1) is 0 Å². The van der Waals surface area contributed by atoms with Gasteiger partial charge in [0.05, 0.1) is 0 Å². The molecule has 0 spiro atoms. The van der Waals surface area contributed by atoms with E-state index in [4.69, 9.17) is 5.84 Å². The number of hydrazine groups is 1. The minimum Gasteiger partial charge on any atom is -0.354 e. The molecule has 1 saturated heterocycles. The highest BCUT2D eigenvalue weighted by atomic mass is 16.1. The summed E-state index contributed by atoms with van der Waals surface area (Å²) >= 11 is 0. The average Bonchev–Trinajstić information content (AvgIpc) is 2.62. The summed E-state index contributed by atoms with van der Waals surface area (Å²) in [6.45, 7) is 6.18. The van der Waals surface area contributed by atoms with Crippen LogP contribution in [0.15, 0.2) is 6.33 Å². The fraction of sp³-hybridized carbons (Fsp3) is 0.583. The predicted molar refractivity (Wildman–Crippen MR) is 73.8 cm³/mol. The molecule has 4 N–H and O–H groups in total. The van der Waals surface area contributed by atoms with Crippen molar-refractivity contribution >= 4 is 17.5 Å². The lowest BCUT2D eigenvalue weighted by atomic mass is 10.0. The van der Waals surface area contributed by atoms with Gasteiger partial charge in [0, 0.05) is 31.6 Å². The van der Waals surface area contributed by atoms with Crippen LogP contribution in [0.1, 0.15) is 31.7 Å². The molecule has 2 rings (SSSR count). The van der Waals surface area contributed by atoms with Crippen LogP contribution in [0, 0.1) is 0 Å². The monoisotopic (exact) mass is 264 g/mol. The summed E-state index contributed by atoms with van der Waals surface area (Å²) in [5.74, 6) is 7.34. The fourth-order valence-electron chi connectivity index (χ4n) is 2.26. The van der Waals surface area contributed by atoms with Crippen LogP contribution in [0.2, 0.25) is 0 Å². The molecule has 19 heavy (non-hydrogen) atoms. The van der Waals surface area contributed by atoms with Crippen LogP contribution >= 0.6 is 0 Å². The molecule has 7 nitrogen and oxygen atoms in total. The topological polar surface area (TPSA) is 96.2 Å². The number of nitrogen functional groups attached to an aromatic ring is 1. The van der Waals surface area contributed by atoms with Crippen molar-refractivity contribution in [2.45, 2.75) is 26.2 Å². The van der Waals surface area contributed by atoms with Crippen LogP contribution in [0.3, 0.4) is 0 Å². The Morgan fingerprint density at radius 3 is 2.89 bits per heavy atom. The predicted octanol–water partition coefficient (Wildman–Crippen LogP) is 0.212. The highest BCUT2D eigenvalue weighted by Gasteiger charge is 2.21. The van der Waals surface area contributed by atoms with Crippen molar-refractivity contribution in [3.8, 4) is 0 Å². The van der Waals surface area contributed by atoms with Crippen molar-refractivity contribution in [1.82, 2.24) is 15.3 Å². The molecule has 1 aromatic rings. The molecule has 1 aromatic heterocycles. The number of nitrogens with one attached hydrogen (secondary N) is 2. The quantitative estimate of drug-likeness (QED) is 0.533. The molecule has 1 amide bonds. The fourth-order valence-corrected chi connectivity index (χ4v) is 2.26. The maximum Gasteiger partial charge on any atom is 0.221 e. The second kappa shape index (κ2) is 5.83. The summed E-state index contributed by atoms with van der Waals surface area (Å²) in [7, 11) is 0. The zero-order valence-corrected chi connectivity index (χ0v) is 11.3. The molecule has 2 heterocycles. The SMILES string of the molecule is CC(C)c1c(NN)ncnc1N1CCNC(=O)CC1. The molecular formula is C12H20N6O. The molecule has 1 fully saturated rings. The maximum absolute atomic E-state index is 11.4. The second-order valence-corrected chi connectivity index (χ2v) is 4.85. The number of amides is 1. The summed E-state index contributed by atoms with van der Waals surface area (Å²) in [6, 6.07) is 0. The molecule has 1 aliphatic heterocycles. The van der Waals surface area contributed by atoms with Gasteiger partial charge in [0.25, 0.3) is 0 Å². The largest absolute Gasteiger partial charge is 0.354 e. The lowest BCUT2D eigenvalue weighted by Crippen LogP contribution is -2.30. The molecule has 0 saturated carbocycles. The van der Waals surface area contributed by atoms with Crippen molar-refractivity contribution in [2.24, 2.45) is 5.84 Å². The normalized spacial score (nSPS) is 16.2. The van der Waals surface area contributed by atoms with Gasteiger partial charge in [0.2, 0.25) is 5.91 Å². The number of carbonyl (C=O) groups is 1. The standard InChI is InChI=1S/C12H20N6O/c1-8(2)10-11(17-13)15-7-16-12(10)18-5-3-9(19)14-4-6-18/h7-8H,3-6,13H2,1-2H3,(H,14,19)(H,15,16,17). The van der Waals surface area contributed by atoms with Gasteiger partial charge >= 0.3 is 0 Å². The third-order valence-corrected chi connectivity index (χ3v) is 3.19. The first-order valence-corrected chi connectivity index (χ1v) is 6.46. The van der Waals surface area contributed by atoms with Gasteiger partial charge in [-0.3, -0.25) is 4.79 Å². The number of hydrogen-bond acceptors (Lipinski definition) is 6. The highest BCUT2D eigenvalue weighted by molar-refractivity contribution is 5.77. The number of hydrogen-bond donors (Lipinski definition) is 3. The van der Waals surface area contributed by atoms with Gasteiger partial charge < -0.3 is 15.6 Å². The van der Waals surface area contributed by atoms with Crippen LogP contribution in [0.25, 0.3) is 0 Å². The van der Waals surface area contributed by atoms with E-state index >= 15 is 0 Å². The van der Waals surface area contributed by atoms with E-state index in [2.05, 4.69) is 39.5 Å². The summed E-state index contributed by atoms with van der Waals surface area (Å²) in [6.07, 6.45) is 1.98. The molecule has 0 bridgehead atoms. The van der Waals surface area contributed by atoms with Crippen molar-refractivity contribution in [3.63, 3.8) is 0 Å². The zero-order valence-electron chi connectivity index (χ0n) is 11.3. The molecule has 0 atom stereocenters. The third-order valence-electron chi connectivity index (χ3n) is 3.19. The molecule has 7 heteroatoms. The Bertz CT molecular complexity index is 462. The Morgan fingerprint density at radius 2 is 2.21 bits per heavy atom. The van der Waals surface area contributed by atoms with E-state index in [0.29, 0.717) is 25.3 Å². The first-order valence-electron chi connectivity index (χ1n) is 6.46. The van der Waals surface area contributed by atoms with Gasteiger partial charge in [-0.1, -0.05) is 13.8 Å². The van der Waals surface area contributed by atoms with E-state index in [0.717, 1.165) is 17.9 Å². The van der Waals surface area contributed by atoms with Crippen molar-refractivity contribution in [3.05, 3.63) is 11.9 Å². The van der Waals surface area contributed by atoms with E-state index < -0.39 is 0 Å². The number of nitrogens with zero attached hydrogens (tertiary/aromatic N) is 3. The zero-order chi connectivity index (χ0) is 13.8. The first-order chi connectivity index (χ1) is 9.13. The van der Waals surface area contributed by atoms with Gasteiger partial charge in [-0.2, -0.15) is 0 Å². The molecule has 0 unspecified atom stereocenters. The number of aromatic nitrogens is 2. The van der Waals surface area contributed by atoms with E-state index in [9.17, 15) is 4.79 Å². The molecular weight excluding hydrogens is 244 g/mol. The Labute approximate surface area is 112 Å². The molecule has 0 radical (unpaired) electrons. The second-order valence-electron chi connectivity index (χ2n) is 4.85. The summed E-state index contributed by atoms with van der Waals surface area (Å²) in [5, 5.41) is 2.86. The molecule has 104 valence electrons. The number of anilines is 2. The van der Waals surface area contributed by atoms with Crippen LogP contribution in [0.4, 0.5) is 11.6 Å². The van der Waals surface area contributed by atoms with Crippen LogP contribution < -0.4 is 21.5 Å². The van der Waals surface area contributed by atoms with Crippen molar-refractivity contribution in [2.75, 3.05) is 30.0 Å². The number of nitrogens with two attached hydrogens (primary N) is 1. The highest BCUT2D eigenvalue weighted by Crippen LogP contribution is 2.30. The summed E-state index contributed by atoms with van der Waals surface area (Å²) in [5.41, 5.74) is 3.61. The maximum atomic E-state index is 11.4. The van der Waals surface area contributed by atoms with Gasteiger partial charge in [0.15, 0.2) is 0 Å².